The molecule has 0 spiro atoms. The van der Waals surface area contributed by atoms with Gasteiger partial charge in [0.2, 0.25) is 0 Å². The molecule has 0 unspecified atom stereocenters. The maximum atomic E-state index is 11.9. The Morgan fingerprint density at radius 3 is 2.53 bits per heavy atom. The fourth-order valence-corrected chi connectivity index (χ4v) is 2.11. The van der Waals surface area contributed by atoms with E-state index >= 15 is 0 Å². The van der Waals surface area contributed by atoms with Gasteiger partial charge in [-0.05, 0) is 12.5 Å². The molecule has 0 radical (unpaired) electrons. The molecular weight excluding hydrogens is 212 g/mol. The zero-order valence-electron chi connectivity index (χ0n) is 10.4. The molecule has 92 valence electrons. The normalized spacial score (nSPS) is 17.0. The first-order valence-electron chi connectivity index (χ1n) is 6.24. The summed E-state index contributed by atoms with van der Waals surface area (Å²) in [5.74, 6) is 0.316. The fourth-order valence-electron chi connectivity index (χ4n) is 2.11. The Bertz CT molecular complexity index is 366. The fraction of sp³-hybridized carbons (Fsp3) is 0.500. The smallest absolute Gasteiger partial charge is 0.151 e. The van der Waals surface area contributed by atoms with Crippen LogP contribution in [0.5, 0.6) is 0 Å². The Morgan fingerprint density at radius 2 is 1.88 bits per heavy atom. The lowest BCUT2D eigenvalue weighted by Crippen LogP contribution is -2.45. The largest absolute Gasteiger partial charge is 0.314 e. The summed E-state index contributed by atoms with van der Waals surface area (Å²) in [6.07, 6.45) is 0.560. The lowest BCUT2D eigenvalue weighted by molar-refractivity contribution is -0.119. The van der Waals surface area contributed by atoms with Gasteiger partial charge >= 0.3 is 0 Å². The number of ketones is 1. The summed E-state index contributed by atoms with van der Waals surface area (Å²) in [7, 11) is 0. The van der Waals surface area contributed by atoms with Gasteiger partial charge in [-0.25, -0.2) is 0 Å². The number of nitrogens with one attached hydrogen (secondary N) is 1. The van der Waals surface area contributed by atoms with Crippen molar-refractivity contribution in [3.05, 3.63) is 35.4 Å². The molecule has 3 nitrogen and oxygen atoms in total. The van der Waals surface area contributed by atoms with E-state index in [1.165, 1.54) is 5.56 Å². The number of hydrogen-bond acceptors (Lipinski definition) is 3. The molecule has 0 aromatic heterocycles. The molecule has 1 aromatic carbocycles. The van der Waals surface area contributed by atoms with Crippen LogP contribution in [0.25, 0.3) is 0 Å². The first-order valence-corrected chi connectivity index (χ1v) is 6.24. The number of benzene rings is 1. The molecule has 1 fully saturated rings. The van der Waals surface area contributed by atoms with Crippen LogP contribution in [0, 0.1) is 6.92 Å². The number of piperazine rings is 1. The van der Waals surface area contributed by atoms with E-state index in [-0.39, 0.29) is 0 Å². The van der Waals surface area contributed by atoms with Gasteiger partial charge in [0.25, 0.3) is 0 Å². The number of Topliss-reactive ketones (excluding diaryl/α,β-unsaturated/α-hetero) is 1. The van der Waals surface area contributed by atoms with Crippen molar-refractivity contribution in [2.24, 2.45) is 0 Å². The summed E-state index contributed by atoms with van der Waals surface area (Å²) in [5.41, 5.74) is 2.36. The number of carbonyl (C=O) groups excluding carboxylic acids is 1. The van der Waals surface area contributed by atoms with Crippen LogP contribution < -0.4 is 5.32 Å². The van der Waals surface area contributed by atoms with Crippen LogP contribution in [0.3, 0.4) is 0 Å². The van der Waals surface area contributed by atoms with Gasteiger partial charge in [-0.2, -0.15) is 0 Å². The number of rotatable bonds is 4. The highest BCUT2D eigenvalue weighted by atomic mass is 16.1. The van der Waals surface area contributed by atoms with Gasteiger partial charge < -0.3 is 5.32 Å². The van der Waals surface area contributed by atoms with E-state index in [9.17, 15) is 4.79 Å². The molecule has 1 saturated heterocycles. The Hall–Kier alpha value is -1.19. The first-order chi connectivity index (χ1) is 8.24. The van der Waals surface area contributed by atoms with Gasteiger partial charge in [0.15, 0.2) is 5.78 Å². The standard InChI is InChI=1S/C14H20N2O/c1-12-2-4-13(5-3-12)10-14(17)11-16-8-6-15-7-9-16/h2-5,15H,6-11H2,1H3. The van der Waals surface area contributed by atoms with E-state index in [4.69, 9.17) is 0 Å². The quantitative estimate of drug-likeness (QED) is 0.841. The maximum absolute atomic E-state index is 11.9. The number of carbonyl (C=O) groups is 1. The van der Waals surface area contributed by atoms with Crippen LogP contribution in [0.1, 0.15) is 11.1 Å². The summed E-state index contributed by atoms with van der Waals surface area (Å²) < 4.78 is 0. The molecule has 0 atom stereocenters. The predicted octanol–water partition coefficient (Wildman–Crippen LogP) is 1.01. The second-order valence-electron chi connectivity index (χ2n) is 4.73. The summed E-state index contributed by atoms with van der Waals surface area (Å²) >= 11 is 0. The Balaban J connectivity index is 1.82. The average molecular weight is 232 g/mol. The van der Waals surface area contributed by atoms with Crippen LogP contribution >= 0.6 is 0 Å². The molecule has 0 saturated carbocycles. The third-order valence-electron chi connectivity index (χ3n) is 3.13. The van der Waals surface area contributed by atoms with E-state index in [0.717, 1.165) is 31.7 Å². The molecular formula is C14H20N2O. The maximum Gasteiger partial charge on any atom is 0.151 e. The number of aryl methyl sites for hydroxylation is 1. The number of hydrogen-bond donors (Lipinski definition) is 1. The molecule has 1 N–H and O–H groups in total. The molecule has 3 heteroatoms. The third-order valence-corrected chi connectivity index (χ3v) is 3.13. The predicted molar refractivity (Wildman–Crippen MR) is 69.2 cm³/mol. The Labute approximate surface area is 103 Å². The van der Waals surface area contributed by atoms with Crippen molar-refractivity contribution in [1.82, 2.24) is 10.2 Å². The Morgan fingerprint density at radius 1 is 1.24 bits per heavy atom. The molecule has 0 bridgehead atoms. The molecule has 0 aliphatic carbocycles. The van der Waals surface area contributed by atoms with E-state index in [1.54, 1.807) is 0 Å². The van der Waals surface area contributed by atoms with Gasteiger partial charge in [0.1, 0.15) is 0 Å². The van der Waals surface area contributed by atoms with Crippen molar-refractivity contribution in [1.29, 1.82) is 0 Å². The van der Waals surface area contributed by atoms with Crippen molar-refractivity contribution in [2.75, 3.05) is 32.7 Å². The van der Waals surface area contributed by atoms with Crippen LogP contribution in [0.2, 0.25) is 0 Å². The Kier molecular flexibility index (Phi) is 4.29. The van der Waals surface area contributed by atoms with Crippen molar-refractivity contribution >= 4 is 5.78 Å². The third kappa shape index (κ3) is 3.95. The van der Waals surface area contributed by atoms with Crippen molar-refractivity contribution in [3.8, 4) is 0 Å². The van der Waals surface area contributed by atoms with E-state index in [2.05, 4.69) is 29.3 Å². The molecule has 17 heavy (non-hydrogen) atoms. The average Bonchev–Trinajstić information content (AvgIpc) is 2.33. The topological polar surface area (TPSA) is 32.3 Å². The molecule has 0 amide bonds. The van der Waals surface area contributed by atoms with Gasteiger partial charge in [0, 0.05) is 32.6 Å². The van der Waals surface area contributed by atoms with Gasteiger partial charge in [-0.3, -0.25) is 9.69 Å². The highest BCUT2D eigenvalue weighted by Gasteiger charge is 2.13. The zero-order chi connectivity index (χ0) is 12.1. The van der Waals surface area contributed by atoms with Crippen LogP contribution in [-0.4, -0.2) is 43.4 Å². The minimum absolute atomic E-state index is 0.316. The minimum atomic E-state index is 0.316. The monoisotopic (exact) mass is 232 g/mol. The van der Waals surface area contributed by atoms with E-state index in [0.29, 0.717) is 18.7 Å². The molecule has 1 aliphatic rings. The van der Waals surface area contributed by atoms with Crippen molar-refractivity contribution < 1.29 is 4.79 Å². The second kappa shape index (κ2) is 5.94. The molecule has 1 aliphatic heterocycles. The van der Waals surface area contributed by atoms with Crippen LogP contribution in [0.15, 0.2) is 24.3 Å². The number of nitrogens with zero attached hydrogens (tertiary/aromatic N) is 1. The summed E-state index contributed by atoms with van der Waals surface area (Å²) in [6.45, 7) is 6.62. The SMILES string of the molecule is Cc1ccc(CC(=O)CN2CCNCC2)cc1. The zero-order valence-corrected chi connectivity index (χ0v) is 10.4. The summed E-state index contributed by atoms with van der Waals surface area (Å²) in [5, 5.41) is 3.29. The lowest BCUT2D eigenvalue weighted by atomic mass is 10.1. The first kappa shape index (κ1) is 12.3. The minimum Gasteiger partial charge on any atom is -0.314 e. The highest BCUT2D eigenvalue weighted by Crippen LogP contribution is 2.05. The highest BCUT2D eigenvalue weighted by molar-refractivity contribution is 5.82. The van der Waals surface area contributed by atoms with Crippen LogP contribution in [-0.2, 0) is 11.2 Å². The van der Waals surface area contributed by atoms with Crippen LogP contribution in [0.4, 0.5) is 0 Å². The van der Waals surface area contributed by atoms with E-state index < -0.39 is 0 Å². The van der Waals surface area contributed by atoms with Gasteiger partial charge in [-0.15, -0.1) is 0 Å². The molecule has 2 rings (SSSR count). The summed E-state index contributed by atoms with van der Waals surface area (Å²) in [6, 6.07) is 8.22. The second-order valence-corrected chi connectivity index (χ2v) is 4.73. The van der Waals surface area contributed by atoms with Gasteiger partial charge in [-0.1, -0.05) is 29.8 Å². The molecule has 1 heterocycles. The van der Waals surface area contributed by atoms with Crippen molar-refractivity contribution in [3.63, 3.8) is 0 Å². The van der Waals surface area contributed by atoms with Gasteiger partial charge in [0.05, 0.1) is 6.54 Å². The van der Waals surface area contributed by atoms with E-state index in [1.807, 2.05) is 12.1 Å². The van der Waals surface area contributed by atoms with Crippen molar-refractivity contribution in [2.45, 2.75) is 13.3 Å². The molecule has 1 aromatic rings. The summed E-state index contributed by atoms with van der Waals surface area (Å²) in [4.78, 5) is 14.1. The lowest BCUT2D eigenvalue weighted by Gasteiger charge is -2.26.